The minimum Gasteiger partial charge on any atom is -0.375 e. The maximum atomic E-state index is 13.4. The number of aromatic nitrogens is 4. The fourth-order valence-corrected chi connectivity index (χ4v) is 4.68. The van der Waals surface area contributed by atoms with E-state index in [0.717, 1.165) is 11.3 Å². The summed E-state index contributed by atoms with van der Waals surface area (Å²) in [6.45, 7) is 1.60. The molecule has 3 amide bonds. The molecule has 0 bridgehead atoms. The van der Waals surface area contributed by atoms with E-state index in [-0.39, 0.29) is 30.4 Å². The number of hydrogen-bond donors (Lipinski definition) is 0. The molecule has 1 fully saturated rings. The third-order valence-electron chi connectivity index (χ3n) is 6.44. The first-order valence-corrected chi connectivity index (χ1v) is 11.3. The van der Waals surface area contributed by atoms with Gasteiger partial charge in [0.1, 0.15) is 18.2 Å². The van der Waals surface area contributed by atoms with Crippen LogP contribution in [0.2, 0.25) is 0 Å². The Hall–Kier alpha value is -4.17. The zero-order valence-corrected chi connectivity index (χ0v) is 19.5. The van der Waals surface area contributed by atoms with Gasteiger partial charge in [-0.25, -0.2) is 19.7 Å². The highest BCUT2D eigenvalue weighted by Gasteiger charge is 2.37. The lowest BCUT2D eigenvalue weighted by Gasteiger charge is -2.43. The molecule has 35 heavy (non-hydrogen) atoms. The molecule has 2 aliphatic heterocycles. The highest BCUT2D eigenvalue weighted by Crippen LogP contribution is 2.37. The first kappa shape index (κ1) is 22.6. The van der Waals surface area contributed by atoms with Crippen LogP contribution in [0.4, 0.5) is 10.5 Å². The molecule has 0 atom stereocenters. The molecule has 0 aliphatic carbocycles. The first-order chi connectivity index (χ1) is 17.0. The Bertz CT molecular complexity index is 1330. The molecule has 0 N–H and O–H groups in total. The predicted octanol–water partition coefficient (Wildman–Crippen LogP) is 1.97. The van der Waals surface area contributed by atoms with Crippen molar-refractivity contribution in [1.29, 1.82) is 5.26 Å². The summed E-state index contributed by atoms with van der Waals surface area (Å²) in [7, 11) is 3.28. The minimum absolute atomic E-state index is 0.0426. The molecule has 1 saturated heterocycles. The lowest BCUT2D eigenvalue weighted by atomic mass is 9.99. The van der Waals surface area contributed by atoms with Crippen molar-refractivity contribution in [2.24, 2.45) is 0 Å². The molecule has 0 radical (unpaired) electrons. The molecule has 11 nitrogen and oxygen atoms in total. The monoisotopic (exact) mass is 472 g/mol. The van der Waals surface area contributed by atoms with E-state index in [1.54, 1.807) is 35.4 Å². The van der Waals surface area contributed by atoms with Crippen molar-refractivity contribution in [3.63, 3.8) is 0 Å². The maximum Gasteiger partial charge on any atom is 0.324 e. The number of piperidine rings is 1. The number of nitrogens with zero attached hydrogens (tertiary/aromatic N) is 8. The smallest absolute Gasteiger partial charge is 0.324 e. The highest BCUT2D eigenvalue weighted by molar-refractivity contribution is 6.04. The van der Waals surface area contributed by atoms with Gasteiger partial charge in [-0.3, -0.25) is 14.7 Å². The molecule has 5 rings (SSSR count). The standard InChI is InChI=1S/C24H24N8O3/c1-30-13-16-12-26-19-4-3-18(15-10-27-20(9-25)28-11-15)29-22(19)23(16)32(24(30)34)17-5-7-31(8-6-17)21(33)14-35-2/h3-4,10-12,17H,5-8,13-14H2,1-2H3. The second-order valence-corrected chi connectivity index (χ2v) is 8.66. The predicted molar refractivity (Wildman–Crippen MR) is 126 cm³/mol. The summed E-state index contributed by atoms with van der Waals surface area (Å²) in [6, 6.07) is 5.43. The molecule has 3 aromatic heterocycles. The second kappa shape index (κ2) is 9.23. The molecule has 0 unspecified atom stereocenters. The van der Waals surface area contributed by atoms with Gasteiger partial charge >= 0.3 is 6.03 Å². The normalized spacial score (nSPS) is 16.4. The largest absolute Gasteiger partial charge is 0.375 e. The number of carbonyl (C=O) groups is 2. The van der Waals surface area contributed by atoms with Gasteiger partial charge in [-0.2, -0.15) is 5.26 Å². The Morgan fingerprint density at radius 2 is 1.91 bits per heavy atom. The van der Waals surface area contributed by atoms with Gasteiger partial charge in [0.2, 0.25) is 11.7 Å². The van der Waals surface area contributed by atoms with E-state index in [1.165, 1.54) is 7.11 Å². The SMILES string of the molecule is COCC(=O)N1CCC(N2C(=O)N(C)Cc3cnc4ccc(-c5cnc(C#N)nc5)nc4c32)CC1. The summed E-state index contributed by atoms with van der Waals surface area (Å²) in [5, 5.41) is 8.98. The molecule has 3 aromatic rings. The number of methoxy groups -OCH3 is 1. The summed E-state index contributed by atoms with van der Waals surface area (Å²) in [4.78, 5) is 48.5. The number of rotatable bonds is 4. The topological polar surface area (TPSA) is 128 Å². The third-order valence-corrected chi connectivity index (χ3v) is 6.44. The van der Waals surface area contributed by atoms with Crippen LogP contribution in [-0.2, 0) is 16.1 Å². The molecule has 0 spiro atoms. The summed E-state index contributed by atoms with van der Waals surface area (Å²) in [5.41, 5.74) is 4.28. The Morgan fingerprint density at radius 1 is 1.17 bits per heavy atom. The Balaban J connectivity index is 1.54. The van der Waals surface area contributed by atoms with Crippen molar-refractivity contribution in [1.82, 2.24) is 29.7 Å². The van der Waals surface area contributed by atoms with E-state index < -0.39 is 0 Å². The number of nitriles is 1. The zero-order valence-electron chi connectivity index (χ0n) is 19.5. The van der Waals surface area contributed by atoms with Crippen molar-refractivity contribution in [2.45, 2.75) is 25.4 Å². The fourth-order valence-electron chi connectivity index (χ4n) is 4.68. The Labute approximate surface area is 202 Å². The number of amides is 3. The summed E-state index contributed by atoms with van der Waals surface area (Å²) in [5.74, 6) is 0.0442. The van der Waals surface area contributed by atoms with Crippen molar-refractivity contribution < 1.29 is 14.3 Å². The van der Waals surface area contributed by atoms with Crippen molar-refractivity contribution >= 4 is 28.7 Å². The molecular formula is C24H24N8O3. The fraction of sp³-hybridized carbons (Fsp3) is 0.375. The Morgan fingerprint density at radius 3 is 2.60 bits per heavy atom. The van der Waals surface area contributed by atoms with E-state index in [1.807, 2.05) is 23.1 Å². The molecule has 178 valence electrons. The van der Waals surface area contributed by atoms with E-state index in [9.17, 15) is 9.59 Å². The second-order valence-electron chi connectivity index (χ2n) is 8.66. The van der Waals surface area contributed by atoms with Gasteiger partial charge in [-0.05, 0) is 25.0 Å². The molecule has 2 aliphatic rings. The Kier molecular flexibility index (Phi) is 5.96. The van der Waals surface area contributed by atoms with Gasteiger partial charge in [-0.1, -0.05) is 0 Å². The van der Waals surface area contributed by atoms with Crippen molar-refractivity contribution in [3.05, 3.63) is 42.1 Å². The number of fused-ring (bicyclic) bond motifs is 3. The van der Waals surface area contributed by atoms with Crippen LogP contribution < -0.4 is 4.90 Å². The van der Waals surface area contributed by atoms with E-state index in [0.29, 0.717) is 54.8 Å². The lowest BCUT2D eigenvalue weighted by Crippen LogP contribution is -2.54. The van der Waals surface area contributed by atoms with Crippen LogP contribution in [-0.4, -0.2) is 81.6 Å². The van der Waals surface area contributed by atoms with Crippen molar-refractivity contribution in [2.75, 3.05) is 38.8 Å². The van der Waals surface area contributed by atoms with Crippen LogP contribution in [0.25, 0.3) is 22.3 Å². The summed E-state index contributed by atoms with van der Waals surface area (Å²) in [6.07, 6.45) is 6.23. The van der Waals surface area contributed by atoms with Gasteiger partial charge in [-0.15, -0.1) is 0 Å². The molecule has 0 saturated carbocycles. The quantitative estimate of drug-likeness (QED) is 0.564. The van der Waals surface area contributed by atoms with Crippen LogP contribution in [0.5, 0.6) is 0 Å². The zero-order chi connectivity index (χ0) is 24.5. The van der Waals surface area contributed by atoms with Gasteiger partial charge in [0.15, 0.2) is 0 Å². The number of anilines is 1. The van der Waals surface area contributed by atoms with Crippen molar-refractivity contribution in [3.8, 4) is 17.3 Å². The van der Waals surface area contributed by atoms with Gasteiger partial charge in [0.25, 0.3) is 0 Å². The van der Waals surface area contributed by atoms with Gasteiger partial charge < -0.3 is 14.5 Å². The van der Waals surface area contributed by atoms with Crippen LogP contribution in [0.1, 0.15) is 24.2 Å². The minimum atomic E-state index is -0.0967. The van der Waals surface area contributed by atoms with Crippen LogP contribution >= 0.6 is 0 Å². The number of likely N-dealkylation sites (tertiary alicyclic amines) is 1. The number of ether oxygens (including phenoxy) is 1. The number of pyridine rings is 2. The number of urea groups is 1. The van der Waals surface area contributed by atoms with Crippen LogP contribution in [0.15, 0.2) is 30.7 Å². The number of hydrogen-bond acceptors (Lipinski definition) is 8. The van der Waals surface area contributed by atoms with Crippen LogP contribution in [0.3, 0.4) is 0 Å². The molecular weight excluding hydrogens is 448 g/mol. The highest BCUT2D eigenvalue weighted by atomic mass is 16.5. The average Bonchev–Trinajstić information content (AvgIpc) is 2.89. The maximum absolute atomic E-state index is 13.4. The summed E-state index contributed by atoms with van der Waals surface area (Å²) >= 11 is 0. The van der Waals surface area contributed by atoms with Crippen LogP contribution in [0, 0.1) is 11.3 Å². The van der Waals surface area contributed by atoms with E-state index in [4.69, 9.17) is 15.0 Å². The molecule has 0 aromatic carbocycles. The third kappa shape index (κ3) is 4.13. The molecule has 11 heteroatoms. The van der Waals surface area contributed by atoms with Gasteiger partial charge in [0, 0.05) is 63.0 Å². The first-order valence-electron chi connectivity index (χ1n) is 11.3. The van der Waals surface area contributed by atoms with E-state index >= 15 is 0 Å². The summed E-state index contributed by atoms with van der Waals surface area (Å²) < 4.78 is 4.98. The van der Waals surface area contributed by atoms with E-state index in [2.05, 4.69) is 15.0 Å². The molecule has 5 heterocycles. The lowest BCUT2D eigenvalue weighted by molar-refractivity contribution is -0.136. The average molecular weight is 473 g/mol. The number of carbonyl (C=O) groups excluding carboxylic acids is 2. The van der Waals surface area contributed by atoms with Gasteiger partial charge in [0.05, 0.1) is 23.4 Å².